The zero-order valence-electron chi connectivity index (χ0n) is 5.30. The quantitative estimate of drug-likeness (QED) is 0.663. The summed E-state index contributed by atoms with van der Waals surface area (Å²) in [4.78, 5) is 0. The summed E-state index contributed by atoms with van der Waals surface area (Å²) in [6, 6.07) is 0. The number of halogens is 2. The van der Waals surface area contributed by atoms with Crippen LogP contribution in [0.1, 0.15) is 6.92 Å². The zero-order valence-corrected chi connectivity index (χ0v) is 7.94. The molecule has 1 rings (SSSR count). The van der Waals surface area contributed by atoms with Crippen LogP contribution in [0, 0.1) is 0 Å². The van der Waals surface area contributed by atoms with Gasteiger partial charge in [0.2, 0.25) is 0 Å². The standard InChI is InChI=1S/C4H7O2.CF2.Cf/c1-4-5-2-3-6-4;2-1-3;/h2-3H2,1H3;;. The Kier molecular flexibility index (Phi) is 1.43. The maximum absolute atomic E-state index is 11.8. The normalized spacial score (nSPS) is 22.3. The van der Waals surface area contributed by atoms with Crippen molar-refractivity contribution >= 4 is 6.93 Å². The van der Waals surface area contributed by atoms with Crippen LogP contribution in [0.3, 0.4) is 0 Å². The molecule has 0 unspecified atom stereocenters. The van der Waals surface area contributed by atoms with Crippen molar-refractivity contribution in [3.8, 4) is 0 Å². The Hall–Kier alpha value is -1.35. The summed E-state index contributed by atoms with van der Waals surface area (Å²) in [6.45, 7) is 0.965. The number of hydrogen-bond acceptors (Lipinski definition) is 2. The molecule has 63 valence electrons. The van der Waals surface area contributed by atoms with Gasteiger partial charge in [-0.2, -0.15) is 0 Å². The van der Waals surface area contributed by atoms with Crippen LogP contribution in [0.2, 0.25) is 0 Å². The van der Waals surface area contributed by atoms with Crippen LogP contribution in [0.25, 0.3) is 0 Å². The van der Waals surface area contributed by atoms with E-state index in [-0.39, 0.29) is 0 Å². The molecule has 1 aliphatic heterocycles. The van der Waals surface area contributed by atoms with Gasteiger partial charge < -0.3 is 0 Å². The number of hydrogen-bond donors (Lipinski definition) is 0. The Morgan fingerprint density at radius 2 is 1.90 bits per heavy atom. The summed E-state index contributed by atoms with van der Waals surface area (Å²) in [5, 5.41) is 0. The average Bonchev–Trinajstić information content (AvgIpc) is 2.12. The van der Waals surface area contributed by atoms with E-state index in [2.05, 4.69) is 0 Å². The van der Waals surface area contributed by atoms with Crippen LogP contribution < -0.4 is 0 Å². The molecule has 10 heavy (non-hydrogen) atoms. The minimum atomic E-state index is -1.71. The number of ether oxygens (including phenoxy) is 2. The number of rotatable bonds is 1. The van der Waals surface area contributed by atoms with Crippen molar-refractivity contribution in [2.45, 2.75) is 13.2 Å². The molecule has 0 saturated carbocycles. The molecule has 0 aromatic rings. The van der Waals surface area contributed by atoms with Crippen molar-refractivity contribution in [3.05, 3.63) is 0 Å². The molecule has 0 atom stereocenters. The molecule has 0 aromatic heterocycles. The van der Waals surface area contributed by atoms with Gasteiger partial charge in [-0.25, -0.2) is 0 Å². The second kappa shape index (κ2) is 2.11. The molecule has 0 aliphatic carbocycles. The molecule has 0 aromatic carbocycles. The van der Waals surface area contributed by atoms with Crippen LogP contribution >= 0.6 is 0 Å². The maximum atomic E-state index is 11.8. The second-order valence-corrected chi connectivity index (χ2v) is 5.79. The van der Waals surface area contributed by atoms with E-state index >= 15 is 0 Å². The molecule has 1 saturated heterocycles. The minimum absolute atomic E-state index is 0.444. The molecule has 0 spiro atoms. The van der Waals surface area contributed by atoms with E-state index in [0.29, 0.717) is 13.2 Å². The molecule has 0 N–H and O–H groups in total. The molecular formula is C5H7CfF2O2. The van der Waals surface area contributed by atoms with Gasteiger partial charge in [0, 0.05) is 0 Å². The van der Waals surface area contributed by atoms with Crippen molar-refractivity contribution in [3.63, 3.8) is 0 Å². The summed E-state index contributed by atoms with van der Waals surface area (Å²) in [5.41, 5.74) is 0. The predicted molar refractivity (Wildman–Crippen MR) is 27.5 cm³/mol. The van der Waals surface area contributed by atoms with Gasteiger partial charge in [0.05, 0.1) is 0 Å². The Balaban J connectivity index is 2.59. The van der Waals surface area contributed by atoms with Crippen LogP contribution in [0.4, 0.5) is 8.78 Å². The molecule has 1 fully saturated rings. The third-order valence-corrected chi connectivity index (χ3v) is 3.44. The Labute approximate surface area is 52.8 Å². The summed E-state index contributed by atoms with van der Waals surface area (Å²) >= 11 is 0. The van der Waals surface area contributed by atoms with E-state index in [1.54, 1.807) is 6.92 Å². The first-order valence-corrected chi connectivity index (χ1v) is 5.31. The van der Waals surface area contributed by atoms with E-state index in [4.69, 9.17) is 9.47 Å². The average molecular weight is 388 g/mol. The summed E-state index contributed by atoms with van der Waals surface area (Å²) in [7, 11) is 0. The Bertz CT molecular complexity index is 150. The SMILES string of the molecule is C[C]1([Cf]=[C](F)F)OCCO1. The zero-order chi connectivity index (χ0) is 7.61. The first-order valence-electron chi connectivity index (χ1n) is 2.68. The van der Waals surface area contributed by atoms with Crippen molar-refractivity contribution in [2.75, 3.05) is 13.2 Å². The van der Waals surface area contributed by atoms with Gasteiger partial charge in [-0.05, 0) is 0 Å². The van der Waals surface area contributed by atoms with Gasteiger partial charge in [-0.15, -0.1) is 0 Å². The van der Waals surface area contributed by atoms with Crippen LogP contribution in [-0.4, -0.2) is 26.4 Å². The molecule has 1 heterocycles. The molecule has 0 radical (unpaired) electrons. The summed E-state index contributed by atoms with van der Waals surface area (Å²) < 4.78 is 31.8. The van der Waals surface area contributed by atoms with Gasteiger partial charge in [0.1, 0.15) is 0 Å². The van der Waals surface area contributed by atoms with Crippen LogP contribution in [0.15, 0.2) is 0 Å². The molecule has 5 heteroatoms. The van der Waals surface area contributed by atoms with E-state index in [9.17, 15) is 8.78 Å². The Morgan fingerprint density at radius 1 is 1.40 bits per heavy atom. The van der Waals surface area contributed by atoms with Gasteiger partial charge in [0.15, 0.2) is 0 Å². The fraction of sp³-hybridized carbons (Fsp3) is 0.800. The van der Waals surface area contributed by atoms with Gasteiger partial charge in [-0.1, -0.05) is 0 Å². The molecule has 1 aliphatic rings. The molecule has 2 nitrogen and oxygen atoms in total. The monoisotopic (exact) mass is 386 g/mol. The second-order valence-electron chi connectivity index (χ2n) is 1.75. The van der Waals surface area contributed by atoms with Crippen LogP contribution in [0.5, 0.6) is 0 Å². The topological polar surface area (TPSA) is 18.5 Å². The van der Waals surface area contributed by atoms with E-state index in [1.165, 1.54) is 0 Å². The predicted octanol–water partition coefficient (Wildman–Crippen LogP) is 0.818. The van der Waals surface area contributed by atoms with Crippen molar-refractivity contribution in [1.29, 1.82) is 0 Å². The van der Waals surface area contributed by atoms with E-state index in [0.717, 1.165) is 0 Å². The molecule has 0 amide bonds. The first-order chi connectivity index (χ1) is 4.62. The summed E-state index contributed by atoms with van der Waals surface area (Å²) in [5.74, 6) is 0. The third kappa shape index (κ3) is 1.33. The van der Waals surface area contributed by atoms with Crippen LogP contribution in [-0.2, 0) is 9.47 Å². The first kappa shape index (κ1) is 6.77. The van der Waals surface area contributed by atoms with Gasteiger partial charge in [-0.3, -0.25) is 0 Å². The fourth-order valence-corrected chi connectivity index (χ4v) is 2.45. The van der Waals surface area contributed by atoms with Gasteiger partial charge >= 0.3 is 51.6 Å². The fourth-order valence-electron chi connectivity index (χ4n) is 0.631. The van der Waals surface area contributed by atoms with Gasteiger partial charge in [0.25, 0.3) is 0 Å². The van der Waals surface area contributed by atoms with Crippen molar-refractivity contribution < 1.29 is 18.3 Å². The molecule has 0 bridgehead atoms. The van der Waals surface area contributed by atoms with Crippen molar-refractivity contribution in [2.24, 2.45) is 0 Å². The van der Waals surface area contributed by atoms with E-state index < -0.39 is 13.2 Å². The third-order valence-electron chi connectivity index (χ3n) is 0.989. The Morgan fingerprint density at radius 3 is 2.30 bits per heavy atom. The van der Waals surface area contributed by atoms with E-state index in [1.807, 2.05) is 0 Å². The molecular weight excluding hydrogens is 381 g/mol. The summed E-state index contributed by atoms with van der Waals surface area (Å²) in [6.07, 6.45) is -0.923. The van der Waals surface area contributed by atoms with Crippen molar-refractivity contribution in [1.82, 2.24) is 0 Å².